The van der Waals surface area contributed by atoms with Crippen LogP contribution < -0.4 is 5.32 Å². The van der Waals surface area contributed by atoms with Gasteiger partial charge in [-0.3, -0.25) is 0 Å². The van der Waals surface area contributed by atoms with E-state index in [0.29, 0.717) is 5.69 Å². The highest BCUT2D eigenvalue weighted by molar-refractivity contribution is 5.62. The Labute approximate surface area is 125 Å². The average Bonchev–Trinajstić information content (AvgIpc) is 2.89. The van der Waals surface area contributed by atoms with E-state index in [4.69, 9.17) is 5.11 Å². The van der Waals surface area contributed by atoms with Gasteiger partial charge in [0.1, 0.15) is 0 Å². The lowest BCUT2D eigenvalue weighted by atomic mass is 10.1. The van der Waals surface area contributed by atoms with Crippen molar-refractivity contribution in [2.24, 2.45) is 0 Å². The highest BCUT2D eigenvalue weighted by Gasteiger charge is 2.31. The summed E-state index contributed by atoms with van der Waals surface area (Å²) >= 11 is 0. The minimum atomic E-state index is -4.47. The third-order valence-corrected chi connectivity index (χ3v) is 3.02. The summed E-state index contributed by atoms with van der Waals surface area (Å²) in [6, 6.07) is 3.24. The van der Waals surface area contributed by atoms with Crippen LogP contribution in [0.2, 0.25) is 0 Å². The molecule has 3 N–H and O–H groups in total. The molecular formula is C14H16F3N3O2. The zero-order valence-corrected chi connectivity index (χ0v) is 11.8. The molecule has 1 unspecified atom stereocenters. The molecule has 5 nitrogen and oxygen atoms in total. The Morgan fingerprint density at radius 1 is 1.36 bits per heavy atom. The molecule has 120 valence electrons. The number of hydrogen-bond acceptors (Lipinski definition) is 4. The van der Waals surface area contributed by atoms with E-state index in [1.54, 1.807) is 12.4 Å². The summed E-state index contributed by atoms with van der Waals surface area (Å²) in [5, 5.41) is 24.9. The van der Waals surface area contributed by atoms with Crippen molar-refractivity contribution in [2.75, 3.05) is 18.5 Å². The summed E-state index contributed by atoms with van der Waals surface area (Å²) in [5.41, 5.74) is 0.652. The van der Waals surface area contributed by atoms with Gasteiger partial charge in [0.05, 0.1) is 35.8 Å². The number of nitrogens with one attached hydrogen (secondary N) is 1. The SMILES string of the molecule is Cc1cnn(-c2ccc(C(F)(F)F)cc2NCC(O)CO)c1. The lowest BCUT2D eigenvalue weighted by Crippen LogP contribution is -2.23. The fourth-order valence-electron chi connectivity index (χ4n) is 1.89. The summed E-state index contributed by atoms with van der Waals surface area (Å²) in [7, 11) is 0. The molecule has 0 fully saturated rings. The number of aliphatic hydroxyl groups excluding tert-OH is 2. The van der Waals surface area contributed by atoms with Gasteiger partial charge in [0.15, 0.2) is 0 Å². The molecule has 0 aliphatic carbocycles. The number of alkyl halides is 3. The standard InChI is InChI=1S/C14H16F3N3O2/c1-9-5-19-20(7-9)13-3-2-10(14(15,16)17)4-12(13)18-6-11(22)8-21/h2-5,7,11,18,21-22H,6,8H2,1H3. The van der Waals surface area contributed by atoms with E-state index in [1.165, 1.54) is 10.7 Å². The Morgan fingerprint density at radius 3 is 2.64 bits per heavy atom. The van der Waals surface area contributed by atoms with Crippen LogP contribution in [0.25, 0.3) is 5.69 Å². The van der Waals surface area contributed by atoms with Gasteiger partial charge in [0.2, 0.25) is 0 Å². The second-order valence-corrected chi connectivity index (χ2v) is 4.91. The molecule has 1 atom stereocenters. The van der Waals surface area contributed by atoms with Crippen molar-refractivity contribution in [3.05, 3.63) is 41.7 Å². The Hall–Kier alpha value is -2.06. The summed E-state index contributed by atoms with van der Waals surface area (Å²) in [6.07, 6.45) is -2.27. The van der Waals surface area contributed by atoms with Crippen molar-refractivity contribution >= 4 is 5.69 Å². The van der Waals surface area contributed by atoms with Crippen LogP contribution in [0.3, 0.4) is 0 Å². The van der Waals surface area contributed by atoms with Gasteiger partial charge >= 0.3 is 6.18 Å². The van der Waals surface area contributed by atoms with Crippen LogP contribution in [0, 0.1) is 6.92 Å². The monoisotopic (exact) mass is 315 g/mol. The van der Waals surface area contributed by atoms with Crippen molar-refractivity contribution in [2.45, 2.75) is 19.2 Å². The molecule has 0 bridgehead atoms. The molecule has 0 aliphatic heterocycles. The van der Waals surface area contributed by atoms with Gasteiger partial charge in [-0.2, -0.15) is 18.3 Å². The average molecular weight is 315 g/mol. The van der Waals surface area contributed by atoms with Crippen LogP contribution in [0.5, 0.6) is 0 Å². The number of aliphatic hydroxyl groups is 2. The third kappa shape index (κ3) is 3.77. The molecule has 1 aromatic carbocycles. The number of anilines is 1. The van der Waals surface area contributed by atoms with Gasteiger partial charge in [-0.05, 0) is 30.7 Å². The van der Waals surface area contributed by atoms with Crippen LogP contribution in [-0.4, -0.2) is 39.2 Å². The first-order valence-electron chi connectivity index (χ1n) is 6.57. The fourth-order valence-corrected chi connectivity index (χ4v) is 1.89. The summed E-state index contributed by atoms with van der Waals surface area (Å²) < 4.78 is 39.9. The molecule has 0 amide bonds. The van der Waals surface area contributed by atoms with Crippen LogP contribution in [0.1, 0.15) is 11.1 Å². The van der Waals surface area contributed by atoms with E-state index in [0.717, 1.165) is 17.7 Å². The first kappa shape index (κ1) is 16.3. The summed E-state index contributed by atoms with van der Waals surface area (Å²) in [6.45, 7) is 1.25. The summed E-state index contributed by atoms with van der Waals surface area (Å²) in [4.78, 5) is 0. The van der Waals surface area contributed by atoms with E-state index >= 15 is 0 Å². The predicted octanol–water partition coefficient (Wildman–Crippen LogP) is 1.96. The van der Waals surface area contributed by atoms with Crippen molar-refractivity contribution in [3.63, 3.8) is 0 Å². The van der Waals surface area contributed by atoms with E-state index in [9.17, 15) is 18.3 Å². The van der Waals surface area contributed by atoms with Gasteiger partial charge in [-0.25, -0.2) is 4.68 Å². The first-order valence-corrected chi connectivity index (χ1v) is 6.57. The number of rotatable bonds is 5. The topological polar surface area (TPSA) is 70.3 Å². The number of aromatic nitrogens is 2. The minimum Gasteiger partial charge on any atom is -0.394 e. The first-order chi connectivity index (χ1) is 10.3. The fraction of sp³-hybridized carbons (Fsp3) is 0.357. The van der Waals surface area contributed by atoms with Crippen LogP contribution in [0.15, 0.2) is 30.6 Å². The lowest BCUT2D eigenvalue weighted by molar-refractivity contribution is -0.137. The van der Waals surface area contributed by atoms with Crippen molar-refractivity contribution in [1.29, 1.82) is 0 Å². The molecule has 22 heavy (non-hydrogen) atoms. The Morgan fingerprint density at radius 2 is 2.09 bits per heavy atom. The summed E-state index contributed by atoms with van der Waals surface area (Å²) in [5.74, 6) is 0. The smallest absolute Gasteiger partial charge is 0.394 e. The van der Waals surface area contributed by atoms with E-state index in [-0.39, 0.29) is 12.2 Å². The second kappa shape index (κ2) is 6.37. The Kier molecular flexibility index (Phi) is 4.72. The van der Waals surface area contributed by atoms with E-state index < -0.39 is 24.5 Å². The second-order valence-electron chi connectivity index (χ2n) is 4.91. The Balaban J connectivity index is 2.39. The van der Waals surface area contributed by atoms with Gasteiger partial charge < -0.3 is 15.5 Å². The maximum atomic E-state index is 12.8. The highest BCUT2D eigenvalue weighted by Crippen LogP contribution is 2.33. The number of nitrogens with zero attached hydrogens (tertiary/aromatic N) is 2. The molecule has 8 heteroatoms. The number of benzene rings is 1. The van der Waals surface area contributed by atoms with Gasteiger partial charge in [0, 0.05) is 12.7 Å². The van der Waals surface area contributed by atoms with E-state index in [1.807, 2.05) is 6.92 Å². The predicted molar refractivity (Wildman–Crippen MR) is 74.9 cm³/mol. The number of halogens is 3. The molecule has 1 aromatic heterocycles. The molecule has 0 saturated carbocycles. The van der Waals surface area contributed by atoms with Crippen molar-refractivity contribution < 1.29 is 23.4 Å². The maximum absolute atomic E-state index is 12.8. The van der Waals surface area contributed by atoms with Gasteiger partial charge in [-0.1, -0.05) is 0 Å². The molecule has 0 saturated heterocycles. The molecule has 1 heterocycles. The number of aryl methyl sites for hydroxylation is 1. The van der Waals surface area contributed by atoms with Crippen molar-refractivity contribution in [1.82, 2.24) is 9.78 Å². The molecule has 0 spiro atoms. The molecule has 2 aromatic rings. The van der Waals surface area contributed by atoms with Crippen molar-refractivity contribution in [3.8, 4) is 5.69 Å². The van der Waals surface area contributed by atoms with Gasteiger partial charge in [-0.15, -0.1) is 0 Å². The normalized spacial score (nSPS) is 13.2. The van der Waals surface area contributed by atoms with E-state index in [2.05, 4.69) is 10.4 Å². The Bertz CT molecular complexity index is 641. The lowest BCUT2D eigenvalue weighted by Gasteiger charge is -2.16. The zero-order valence-electron chi connectivity index (χ0n) is 11.8. The molecular weight excluding hydrogens is 299 g/mol. The highest BCUT2D eigenvalue weighted by atomic mass is 19.4. The zero-order chi connectivity index (χ0) is 16.3. The van der Waals surface area contributed by atoms with Crippen LogP contribution in [-0.2, 0) is 6.18 Å². The maximum Gasteiger partial charge on any atom is 0.416 e. The number of hydrogen-bond donors (Lipinski definition) is 3. The largest absolute Gasteiger partial charge is 0.416 e. The van der Waals surface area contributed by atoms with Gasteiger partial charge in [0.25, 0.3) is 0 Å². The minimum absolute atomic E-state index is 0.0783. The van der Waals surface area contributed by atoms with Crippen LogP contribution >= 0.6 is 0 Å². The third-order valence-electron chi connectivity index (χ3n) is 3.02. The molecule has 0 aliphatic rings. The quantitative estimate of drug-likeness (QED) is 0.789. The molecule has 2 rings (SSSR count). The van der Waals surface area contributed by atoms with Crippen LogP contribution in [0.4, 0.5) is 18.9 Å². The molecule has 0 radical (unpaired) electrons.